The summed E-state index contributed by atoms with van der Waals surface area (Å²) < 4.78 is 10.6. The fraction of sp³-hybridized carbons (Fsp3) is 0.400. The molecule has 9 nitrogen and oxygen atoms in total. The number of aromatic nitrogens is 2. The highest BCUT2D eigenvalue weighted by Gasteiger charge is 2.14. The Kier molecular flexibility index (Phi) is 7.98. The summed E-state index contributed by atoms with van der Waals surface area (Å²) in [6.45, 7) is 2.65. The fourth-order valence-electron chi connectivity index (χ4n) is 4.20. The van der Waals surface area contributed by atoms with Crippen LogP contribution in [-0.4, -0.2) is 47.5 Å². The molecule has 1 aliphatic carbocycles. The molecule has 0 spiro atoms. The lowest BCUT2D eigenvalue weighted by atomic mass is 9.95. The number of ether oxygens (including phenoxy) is 2. The predicted molar refractivity (Wildman–Crippen MR) is 132 cm³/mol. The third kappa shape index (κ3) is 6.26. The number of benzene rings is 1. The molecular formula is C25H31N5O4. The number of hydrogen-bond donors (Lipinski definition) is 4. The van der Waals surface area contributed by atoms with Gasteiger partial charge in [-0.1, -0.05) is 25.3 Å². The second-order valence-corrected chi connectivity index (χ2v) is 8.33. The summed E-state index contributed by atoms with van der Waals surface area (Å²) >= 11 is 0. The Balaban J connectivity index is 0.000000162. The van der Waals surface area contributed by atoms with Gasteiger partial charge in [0.1, 0.15) is 17.9 Å². The third-order valence-corrected chi connectivity index (χ3v) is 5.93. The van der Waals surface area contributed by atoms with E-state index >= 15 is 0 Å². The molecule has 0 unspecified atom stereocenters. The molecule has 1 saturated carbocycles. The van der Waals surface area contributed by atoms with Crippen LogP contribution in [0, 0.1) is 0 Å². The maximum absolute atomic E-state index is 10.6. The zero-order valence-corrected chi connectivity index (χ0v) is 19.3. The van der Waals surface area contributed by atoms with Crippen molar-refractivity contribution in [3.63, 3.8) is 0 Å². The minimum absolute atomic E-state index is 0.386. The van der Waals surface area contributed by atoms with E-state index in [2.05, 4.69) is 44.1 Å². The van der Waals surface area contributed by atoms with Crippen molar-refractivity contribution in [3.05, 3.63) is 48.2 Å². The van der Waals surface area contributed by atoms with E-state index in [1.807, 2.05) is 0 Å². The van der Waals surface area contributed by atoms with Gasteiger partial charge in [0.05, 0.1) is 24.0 Å². The van der Waals surface area contributed by atoms with Gasteiger partial charge in [-0.3, -0.25) is 10.3 Å². The highest BCUT2D eigenvalue weighted by Crippen LogP contribution is 2.28. The lowest BCUT2D eigenvalue weighted by Crippen LogP contribution is -2.30. The molecular weight excluding hydrogens is 434 g/mol. The van der Waals surface area contributed by atoms with Gasteiger partial charge in [-0.25, -0.2) is 9.78 Å². The SMILES string of the molecule is COc1ccc2nccc(NC(=O)O)c2n1.c1cc2c(cc1CNC1CCCCC1)NCCO2. The van der Waals surface area contributed by atoms with Gasteiger partial charge in [-0.2, -0.15) is 0 Å². The topological polar surface area (TPSA) is 118 Å². The lowest BCUT2D eigenvalue weighted by Gasteiger charge is -2.24. The second-order valence-electron chi connectivity index (χ2n) is 8.33. The number of carbonyl (C=O) groups is 1. The van der Waals surface area contributed by atoms with Crippen LogP contribution in [0.1, 0.15) is 37.7 Å². The average Bonchev–Trinajstić information content (AvgIpc) is 2.88. The van der Waals surface area contributed by atoms with Crippen molar-refractivity contribution in [3.8, 4) is 11.6 Å². The van der Waals surface area contributed by atoms with Crippen LogP contribution in [0.5, 0.6) is 11.6 Å². The van der Waals surface area contributed by atoms with Crippen LogP contribution in [-0.2, 0) is 6.54 Å². The molecule has 9 heteroatoms. The number of hydrogen-bond acceptors (Lipinski definition) is 7. The molecule has 2 aliphatic rings. The third-order valence-electron chi connectivity index (χ3n) is 5.93. The molecule has 1 aliphatic heterocycles. The summed E-state index contributed by atoms with van der Waals surface area (Å²) in [5.41, 5.74) is 3.94. The Labute approximate surface area is 198 Å². The van der Waals surface area contributed by atoms with Crippen LogP contribution in [0.3, 0.4) is 0 Å². The first kappa shape index (κ1) is 23.6. The van der Waals surface area contributed by atoms with Crippen LogP contribution in [0.15, 0.2) is 42.6 Å². The molecule has 1 amide bonds. The van der Waals surface area contributed by atoms with Gasteiger partial charge in [0, 0.05) is 31.4 Å². The predicted octanol–water partition coefficient (Wildman–Crippen LogP) is 4.64. The van der Waals surface area contributed by atoms with Crippen molar-refractivity contribution in [1.29, 1.82) is 0 Å². The number of nitrogens with one attached hydrogen (secondary N) is 3. The first-order valence-electron chi connectivity index (χ1n) is 11.6. The largest absolute Gasteiger partial charge is 0.490 e. The smallest absolute Gasteiger partial charge is 0.409 e. The molecule has 0 atom stereocenters. The maximum Gasteiger partial charge on any atom is 0.409 e. The summed E-state index contributed by atoms with van der Waals surface area (Å²) in [6.07, 6.45) is 7.24. The first-order valence-corrected chi connectivity index (χ1v) is 11.6. The number of nitrogens with zero attached hydrogens (tertiary/aromatic N) is 2. The number of amides is 1. The van der Waals surface area contributed by atoms with Crippen LogP contribution in [0.25, 0.3) is 11.0 Å². The van der Waals surface area contributed by atoms with E-state index in [0.717, 1.165) is 37.2 Å². The van der Waals surface area contributed by atoms with E-state index in [9.17, 15) is 4.79 Å². The van der Waals surface area contributed by atoms with Crippen molar-refractivity contribution < 1.29 is 19.4 Å². The monoisotopic (exact) mass is 465 g/mol. The Morgan fingerprint density at radius 3 is 2.85 bits per heavy atom. The zero-order chi connectivity index (χ0) is 23.8. The van der Waals surface area contributed by atoms with E-state index in [-0.39, 0.29) is 0 Å². The molecule has 180 valence electrons. The summed E-state index contributed by atoms with van der Waals surface area (Å²) in [6, 6.07) is 12.1. The van der Waals surface area contributed by atoms with E-state index < -0.39 is 6.09 Å². The van der Waals surface area contributed by atoms with Crippen LogP contribution in [0.4, 0.5) is 16.2 Å². The summed E-state index contributed by atoms with van der Waals surface area (Å²) in [5, 5.41) is 18.0. The molecule has 34 heavy (non-hydrogen) atoms. The number of pyridine rings is 2. The van der Waals surface area contributed by atoms with E-state index in [4.69, 9.17) is 14.6 Å². The number of rotatable bonds is 5. The molecule has 3 aromatic rings. The van der Waals surface area contributed by atoms with Gasteiger partial charge in [-0.15, -0.1) is 0 Å². The molecule has 1 aromatic carbocycles. The van der Waals surface area contributed by atoms with Gasteiger partial charge >= 0.3 is 6.09 Å². The Bertz CT molecular complexity index is 1120. The van der Waals surface area contributed by atoms with Gasteiger partial charge in [0.15, 0.2) is 0 Å². The lowest BCUT2D eigenvalue weighted by molar-refractivity contribution is 0.210. The van der Waals surface area contributed by atoms with Crippen molar-refractivity contribution in [2.24, 2.45) is 0 Å². The summed E-state index contributed by atoms with van der Waals surface area (Å²) in [7, 11) is 1.49. The van der Waals surface area contributed by atoms with E-state index in [0.29, 0.717) is 22.6 Å². The fourth-order valence-corrected chi connectivity index (χ4v) is 4.20. The van der Waals surface area contributed by atoms with Crippen molar-refractivity contribution in [2.45, 2.75) is 44.7 Å². The van der Waals surface area contributed by atoms with Crippen molar-refractivity contribution >= 4 is 28.5 Å². The average molecular weight is 466 g/mol. The van der Waals surface area contributed by atoms with Gasteiger partial charge in [0.2, 0.25) is 5.88 Å². The Morgan fingerprint density at radius 1 is 1.21 bits per heavy atom. The van der Waals surface area contributed by atoms with Gasteiger partial charge in [0.25, 0.3) is 0 Å². The van der Waals surface area contributed by atoms with Crippen molar-refractivity contribution in [1.82, 2.24) is 15.3 Å². The number of methoxy groups -OCH3 is 1. The molecule has 5 rings (SSSR count). The summed E-state index contributed by atoms with van der Waals surface area (Å²) in [4.78, 5) is 18.8. The quantitative estimate of drug-likeness (QED) is 0.430. The van der Waals surface area contributed by atoms with Crippen LogP contribution >= 0.6 is 0 Å². The van der Waals surface area contributed by atoms with E-state index in [1.54, 1.807) is 18.2 Å². The number of anilines is 2. The normalized spacial score (nSPS) is 15.2. The highest BCUT2D eigenvalue weighted by molar-refractivity contribution is 5.95. The van der Waals surface area contributed by atoms with E-state index in [1.165, 1.54) is 51.0 Å². The number of fused-ring (bicyclic) bond motifs is 2. The Hall–Kier alpha value is -3.59. The number of carboxylic acid groups (broad SMARTS) is 1. The van der Waals surface area contributed by atoms with Crippen LogP contribution < -0.4 is 25.4 Å². The molecule has 0 bridgehead atoms. The molecule has 4 N–H and O–H groups in total. The minimum atomic E-state index is -1.14. The molecule has 2 aromatic heterocycles. The van der Waals surface area contributed by atoms with Gasteiger partial charge < -0.3 is 25.2 Å². The van der Waals surface area contributed by atoms with Gasteiger partial charge in [-0.05, 0) is 42.7 Å². The highest BCUT2D eigenvalue weighted by atomic mass is 16.5. The molecule has 1 fully saturated rings. The summed E-state index contributed by atoms with van der Waals surface area (Å²) in [5.74, 6) is 1.40. The second kappa shape index (κ2) is 11.5. The maximum atomic E-state index is 10.6. The minimum Gasteiger partial charge on any atom is -0.490 e. The molecule has 3 heterocycles. The zero-order valence-electron chi connectivity index (χ0n) is 19.3. The molecule has 0 saturated heterocycles. The Morgan fingerprint density at radius 2 is 2.06 bits per heavy atom. The molecule has 0 radical (unpaired) electrons. The standard InChI is InChI=1S/C15H22N2O.C10H9N3O3/c1-2-4-13(5-3-1)17-11-12-6-7-15-14(10-12)16-8-9-18-15;1-16-8-3-2-6-9(13-8)7(4-5-11-6)12-10(14)15/h6-7,10,13,16-17H,1-5,8-9,11H2;2-5H,1H3,(H,11,12)(H,14,15). The van der Waals surface area contributed by atoms with Crippen LogP contribution in [0.2, 0.25) is 0 Å². The van der Waals surface area contributed by atoms with Crippen molar-refractivity contribution in [2.75, 3.05) is 30.9 Å². The first-order chi connectivity index (χ1) is 16.6.